The molecule has 3 aliphatic rings. The van der Waals surface area contributed by atoms with E-state index in [0.717, 1.165) is 46.7 Å². The second-order valence-electron chi connectivity index (χ2n) is 16.9. The number of ether oxygens (including phenoxy) is 4. The summed E-state index contributed by atoms with van der Waals surface area (Å²) in [5, 5.41) is 10.1. The molecule has 6 aromatic rings. The summed E-state index contributed by atoms with van der Waals surface area (Å²) >= 11 is 11.5. The van der Waals surface area contributed by atoms with E-state index in [4.69, 9.17) is 47.1 Å². The lowest BCUT2D eigenvalue weighted by molar-refractivity contribution is -0.0591. The highest BCUT2D eigenvalue weighted by Crippen LogP contribution is 2.28. The summed E-state index contributed by atoms with van der Waals surface area (Å²) in [6, 6.07) is 13.5. The monoisotopic (exact) mass is 954 g/mol. The fraction of sp³-hybridized carbons (Fsp3) is 0.312. The van der Waals surface area contributed by atoms with Crippen molar-refractivity contribution >= 4 is 57.4 Å². The topological polar surface area (TPSA) is 167 Å². The zero-order valence-electron chi connectivity index (χ0n) is 36.8. The average Bonchev–Trinajstić information content (AvgIpc) is 4.04. The van der Waals surface area contributed by atoms with Crippen LogP contribution in [0.1, 0.15) is 66.2 Å². The Kier molecular flexibility index (Phi) is 14.4. The lowest BCUT2D eigenvalue weighted by Crippen LogP contribution is -2.35. The van der Waals surface area contributed by atoms with Gasteiger partial charge in [0.2, 0.25) is 0 Å². The number of nitrogens with zero attached hydrogens (tertiary/aromatic N) is 8. The number of carbonyl (C=O) groups excluding carboxylic acids is 1. The van der Waals surface area contributed by atoms with Gasteiger partial charge in [-0.2, -0.15) is 0 Å². The van der Waals surface area contributed by atoms with Crippen molar-refractivity contribution in [3.63, 3.8) is 0 Å². The molecule has 0 radical (unpaired) electrons. The second kappa shape index (κ2) is 20.5. The third-order valence-electron chi connectivity index (χ3n) is 10.7. The van der Waals surface area contributed by atoms with Gasteiger partial charge in [-0.05, 0) is 92.9 Å². The van der Waals surface area contributed by atoms with Gasteiger partial charge in [-0.25, -0.2) is 33.3 Å². The summed E-state index contributed by atoms with van der Waals surface area (Å²) in [6.45, 7) is 9.75. The first-order valence-electron chi connectivity index (χ1n) is 21.3. The van der Waals surface area contributed by atoms with Crippen LogP contribution in [0.5, 0.6) is 11.5 Å². The number of aromatic nitrogens is 6. The molecule has 1 N–H and O–H groups in total. The lowest BCUT2D eigenvalue weighted by atomic mass is 10.1. The van der Waals surface area contributed by atoms with Gasteiger partial charge >= 0.3 is 12.1 Å². The molecule has 0 aliphatic carbocycles. The van der Waals surface area contributed by atoms with Gasteiger partial charge in [-0.3, -0.25) is 14.9 Å². The molecule has 3 aromatic heterocycles. The van der Waals surface area contributed by atoms with Crippen molar-refractivity contribution in [2.75, 3.05) is 32.8 Å². The van der Waals surface area contributed by atoms with Crippen LogP contribution < -0.4 is 9.47 Å². The predicted octanol–water partition coefficient (Wildman–Crippen LogP) is 9.07. The maximum absolute atomic E-state index is 14.0. The van der Waals surface area contributed by atoms with Crippen molar-refractivity contribution in [3.8, 4) is 11.5 Å². The lowest BCUT2D eigenvalue weighted by Gasteiger charge is -2.28. The second-order valence-corrected chi connectivity index (χ2v) is 17.8. The van der Waals surface area contributed by atoms with Gasteiger partial charge in [0.1, 0.15) is 24.6 Å². The van der Waals surface area contributed by atoms with Gasteiger partial charge in [0, 0.05) is 36.3 Å². The van der Waals surface area contributed by atoms with Crippen LogP contribution in [-0.2, 0) is 35.8 Å². The van der Waals surface area contributed by atoms with E-state index in [0.29, 0.717) is 66.4 Å². The van der Waals surface area contributed by atoms with E-state index in [1.165, 1.54) is 24.3 Å². The molecule has 0 unspecified atom stereocenters. The Labute approximate surface area is 394 Å². The largest absolute Gasteiger partial charge is 0.484 e. The number of carbonyl (C=O) groups is 2. The smallest absolute Gasteiger partial charge is 0.410 e. The molecular formula is C48H46Cl2F2N8O7. The number of halogens is 4. The first kappa shape index (κ1) is 47.0. The van der Waals surface area contributed by atoms with Crippen molar-refractivity contribution in [2.24, 2.45) is 0 Å². The highest BCUT2D eigenvalue weighted by Gasteiger charge is 2.27. The fourth-order valence-electron chi connectivity index (χ4n) is 7.33. The maximum atomic E-state index is 14.0. The van der Waals surface area contributed by atoms with E-state index in [1.54, 1.807) is 60.0 Å². The normalized spacial score (nSPS) is 15.9. The Morgan fingerprint density at radius 3 is 1.96 bits per heavy atom. The molecule has 0 bridgehead atoms. The molecule has 3 aliphatic heterocycles. The first-order chi connectivity index (χ1) is 32.1. The van der Waals surface area contributed by atoms with Crippen LogP contribution in [0.4, 0.5) is 13.6 Å². The van der Waals surface area contributed by atoms with Crippen LogP contribution >= 0.6 is 23.2 Å². The van der Waals surface area contributed by atoms with Crippen molar-refractivity contribution in [3.05, 3.63) is 147 Å². The third-order valence-corrected chi connectivity index (χ3v) is 11.2. The van der Waals surface area contributed by atoms with E-state index in [1.807, 2.05) is 26.8 Å². The molecule has 19 heteroatoms. The van der Waals surface area contributed by atoms with Crippen LogP contribution in [0.3, 0.4) is 0 Å². The van der Waals surface area contributed by atoms with Crippen LogP contribution in [0.25, 0.3) is 22.2 Å². The molecule has 348 valence electrons. The van der Waals surface area contributed by atoms with Crippen molar-refractivity contribution in [1.82, 2.24) is 39.3 Å². The number of carboxylic acid groups (broad SMARTS) is 1. The Balaban J connectivity index is 0.000000192. The van der Waals surface area contributed by atoms with Crippen LogP contribution in [0, 0.1) is 11.6 Å². The van der Waals surface area contributed by atoms with Gasteiger partial charge in [-0.1, -0.05) is 35.4 Å². The summed E-state index contributed by atoms with van der Waals surface area (Å²) in [5.41, 5.74) is 5.64. The number of hydrogen-bond donors (Lipinski definition) is 1. The molecule has 3 aromatic carbocycles. The molecule has 1 atom stereocenters. The van der Waals surface area contributed by atoms with Crippen molar-refractivity contribution < 1.29 is 42.4 Å². The van der Waals surface area contributed by atoms with E-state index >= 15 is 0 Å². The highest BCUT2D eigenvalue weighted by atomic mass is 35.5. The minimum Gasteiger partial charge on any atom is -0.484 e. The Bertz CT molecular complexity index is 2870. The highest BCUT2D eigenvalue weighted by molar-refractivity contribution is 6.30. The Morgan fingerprint density at radius 1 is 0.806 bits per heavy atom. The number of amides is 1. The van der Waals surface area contributed by atoms with E-state index in [9.17, 15) is 23.5 Å². The third kappa shape index (κ3) is 12.1. The molecule has 1 amide bonds. The molecule has 15 nitrogen and oxygen atoms in total. The van der Waals surface area contributed by atoms with Crippen LogP contribution in [0.15, 0.2) is 91.5 Å². The van der Waals surface area contributed by atoms with Crippen LogP contribution in [0.2, 0.25) is 10.0 Å². The fourth-order valence-corrected chi connectivity index (χ4v) is 7.65. The van der Waals surface area contributed by atoms with Gasteiger partial charge in [-0.15, -0.1) is 0 Å². The number of imidazole rings is 1. The maximum Gasteiger partial charge on any atom is 0.410 e. The quantitative estimate of drug-likeness (QED) is 0.117. The van der Waals surface area contributed by atoms with Crippen molar-refractivity contribution in [1.29, 1.82) is 0 Å². The summed E-state index contributed by atoms with van der Waals surface area (Å²) in [7, 11) is 0. The minimum absolute atomic E-state index is 0.0580. The van der Waals surface area contributed by atoms with E-state index < -0.39 is 23.2 Å². The molecule has 0 saturated carbocycles. The molecule has 1 saturated heterocycles. The number of rotatable bonds is 13. The molecule has 6 heterocycles. The van der Waals surface area contributed by atoms with E-state index in [2.05, 4.69) is 35.5 Å². The number of benzene rings is 3. The van der Waals surface area contributed by atoms with Gasteiger partial charge < -0.3 is 33.5 Å². The zero-order chi connectivity index (χ0) is 47.2. The SMILES string of the molecule is CC(C)(C)OC(=O)N1CC=C(c2cncc(COc3ccc(Cl)cc3F)n2)C1.O=C(O)c1ccc2nc(CN3CC=C(c4cncc(COc5ccc(Cl)cc5F)n4)C3)n(C[C@@H]3CCO3)c2c1. The zero-order valence-corrected chi connectivity index (χ0v) is 38.3. The number of fused-ring (bicyclic) bond motifs is 1. The molecule has 0 spiro atoms. The Hall–Kier alpha value is -6.53. The first-order valence-corrected chi connectivity index (χ1v) is 22.1. The van der Waals surface area contributed by atoms with Gasteiger partial charge in [0.05, 0.1) is 89.9 Å². The number of hydrogen-bond acceptors (Lipinski definition) is 12. The van der Waals surface area contributed by atoms with E-state index in [-0.39, 0.29) is 42.5 Å². The van der Waals surface area contributed by atoms with Gasteiger partial charge in [0.25, 0.3) is 0 Å². The molecule has 1 fully saturated rings. The summed E-state index contributed by atoms with van der Waals surface area (Å²) < 4.78 is 52.0. The standard InChI is InChI=1S/C28H25ClFN5O4.C20H21ClFN3O3/c29-19-2-4-26(22(30)10-19)39-16-20-11-31-12-24(32-20)18-5-7-34(13-18)15-27-33-23-3-1-17(28(36)37)9-25(23)35(27)14-21-6-8-38-21;1-20(2,3)28-19(26)25-7-6-13(11-25)17-10-23-9-15(24-17)12-27-18-5-4-14(21)8-16(18)22/h1-5,9-12,21H,6-8,13-16H2,(H,36,37);4-6,8-10H,7,11-12H2,1-3H3/t21-;/m0./s1. The molecular weight excluding hydrogens is 909 g/mol. The number of aromatic carboxylic acids is 1. The summed E-state index contributed by atoms with van der Waals surface area (Å²) in [5.74, 6) is -0.989. The molecule has 9 rings (SSSR count). The van der Waals surface area contributed by atoms with Crippen molar-refractivity contribution in [2.45, 2.75) is 65.2 Å². The van der Waals surface area contributed by atoms with Gasteiger partial charge in [0.15, 0.2) is 23.1 Å². The predicted molar refractivity (Wildman–Crippen MR) is 246 cm³/mol. The Morgan fingerprint density at radius 2 is 1.40 bits per heavy atom. The number of carboxylic acids is 1. The summed E-state index contributed by atoms with van der Waals surface area (Å²) in [6.07, 6.45) is 11.2. The minimum atomic E-state index is -0.966. The average molecular weight is 956 g/mol. The van der Waals surface area contributed by atoms with Crippen LogP contribution in [-0.4, -0.2) is 101 Å². The molecule has 67 heavy (non-hydrogen) atoms. The summed E-state index contributed by atoms with van der Waals surface area (Å²) in [4.78, 5) is 50.1.